The molecule has 1 aromatic heterocycles. The minimum Gasteiger partial charge on any atom is -0.454 e. The van der Waals surface area contributed by atoms with Crippen LogP contribution in [0.15, 0.2) is 51.7 Å². The zero-order valence-electron chi connectivity index (χ0n) is 16.2. The maximum atomic E-state index is 12.6. The zero-order valence-corrected chi connectivity index (χ0v) is 17.1. The molecule has 0 unspecified atom stereocenters. The van der Waals surface area contributed by atoms with Crippen LogP contribution in [0.2, 0.25) is 0 Å². The van der Waals surface area contributed by atoms with Crippen LogP contribution >= 0.6 is 7.60 Å². The Morgan fingerprint density at radius 1 is 1.07 bits per heavy atom. The number of anilines is 1. The minimum atomic E-state index is -3.18. The van der Waals surface area contributed by atoms with E-state index < -0.39 is 13.5 Å². The normalized spacial score (nSPS) is 12.9. The molecule has 1 aliphatic rings. The van der Waals surface area contributed by atoms with Crippen LogP contribution in [-0.4, -0.2) is 26.9 Å². The molecule has 1 aliphatic heterocycles. The molecule has 0 saturated heterocycles. The zero-order chi connectivity index (χ0) is 21.3. The lowest BCUT2D eigenvalue weighted by Crippen LogP contribution is -2.15. The quantitative estimate of drug-likeness (QED) is 0.587. The summed E-state index contributed by atoms with van der Waals surface area (Å²) in [7, 11) is -0.539. The fraction of sp³-hybridized carbons (Fsp3) is 0.200. The van der Waals surface area contributed by atoms with Crippen LogP contribution in [0.4, 0.5) is 5.69 Å². The summed E-state index contributed by atoms with van der Waals surface area (Å²) in [5, 5.41) is 2.95. The number of rotatable bonds is 6. The van der Waals surface area contributed by atoms with Crippen molar-refractivity contribution in [3.63, 3.8) is 0 Å². The van der Waals surface area contributed by atoms with Crippen LogP contribution in [-0.2, 0) is 19.8 Å². The number of carbonyl (C=O) groups excluding carboxylic acids is 1. The van der Waals surface area contributed by atoms with Gasteiger partial charge in [-0.25, -0.2) is 0 Å². The first-order chi connectivity index (χ1) is 14.4. The number of fused-ring (bicyclic) bond motifs is 2. The lowest BCUT2D eigenvalue weighted by Gasteiger charge is -2.13. The first-order valence-corrected chi connectivity index (χ1v) is 10.6. The second kappa shape index (κ2) is 7.95. The monoisotopic (exact) mass is 431 g/mol. The summed E-state index contributed by atoms with van der Waals surface area (Å²) < 4.78 is 38.2. The summed E-state index contributed by atoms with van der Waals surface area (Å²) in [6, 6.07) is 10.8. The molecule has 2 heterocycles. The highest BCUT2D eigenvalue weighted by Gasteiger charge is 2.22. The molecule has 156 valence electrons. The first kappa shape index (κ1) is 20.2. The third-order valence-corrected chi connectivity index (χ3v) is 6.46. The highest BCUT2D eigenvalue weighted by atomic mass is 31.2. The van der Waals surface area contributed by atoms with E-state index in [1.165, 1.54) is 26.4 Å². The molecule has 0 radical (unpaired) electrons. The van der Waals surface area contributed by atoms with Gasteiger partial charge in [-0.05, 0) is 23.8 Å². The molecule has 0 saturated carbocycles. The number of amides is 1. The van der Waals surface area contributed by atoms with Gasteiger partial charge in [0.15, 0.2) is 22.7 Å². The van der Waals surface area contributed by atoms with Crippen molar-refractivity contribution >= 4 is 30.2 Å². The predicted octanol–water partition coefficient (Wildman–Crippen LogP) is 3.76. The third kappa shape index (κ3) is 3.95. The molecule has 9 nitrogen and oxygen atoms in total. The molecule has 2 aromatic carbocycles. The highest BCUT2D eigenvalue weighted by molar-refractivity contribution is 7.52. The van der Waals surface area contributed by atoms with Gasteiger partial charge in [-0.1, -0.05) is 12.1 Å². The molecule has 1 N–H and O–H groups in total. The van der Waals surface area contributed by atoms with Crippen LogP contribution in [0, 0.1) is 0 Å². The van der Waals surface area contributed by atoms with E-state index in [1.807, 2.05) is 0 Å². The topological polar surface area (TPSA) is 113 Å². The number of hydrogen-bond acceptors (Lipinski definition) is 8. The van der Waals surface area contributed by atoms with E-state index in [-0.39, 0.29) is 29.7 Å². The van der Waals surface area contributed by atoms with E-state index >= 15 is 0 Å². The van der Waals surface area contributed by atoms with Crippen molar-refractivity contribution in [3.05, 3.63) is 64.0 Å². The molecule has 0 spiro atoms. The Morgan fingerprint density at radius 3 is 2.40 bits per heavy atom. The fourth-order valence-electron chi connectivity index (χ4n) is 2.97. The van der Waals surface area contributed by atoms with Crippen molar-refractivity contribution in [2.45, 2.75) is 6.16 Å². The molecule has 0 fully saturated rings. The van der Waals surface area contributed by atoms with E-state index in [2.05, 4.69) is 5.32 Å². The number of ether oxygens (including phenoxy) is 2. The molecule has 0 aliphatic carbocycles. The van der Waals surface area contributed by atoms with Crippen molar-refractivity contribution < 1.29 is 32.3 Å². The lowest BCUT2D eigenvalue weighted by molar-refractivity contribution is 0.0997. The van der Waals surface area contributed by atoms with E-state index in [1.54, 1.807) is 24.3 Å². The van der Waals surface area contributed by atoms with E-state index in [0.717, 1.165) is 6.07 Å². The van der Waals surface area contributed by atoms with Gasteiger partial charge in [0.1, 0.15) is 5.58 Å². The van der Waals surface area contributed by atoms with Gasteiger partial charge in [-0.15, -0.1) is 0 Å². The van der Waals surface area contributed by atoms with Crippen LogP contribution in [0.1, 0.15) is 16.1 Å². The summed E-state index contributed by atoms with van der Waals surface area (Å²) in [5.74, 6) is 0.180. The number of hydrogen-bond donors (Lipinski definition) is 1. The number of benzene rings is 2. The second-order valence-electron chi connectivity index (χ2n) is 6.46. The van der Waals surface area contributed by atoms with Crippen molar-refractivity contribution in [1.29, 1.82) is 0 Å². The Balaban J connectivity index is 1.54. The molecule has 4 rings (SSSR count). The first-order valence-electron chi connectivity index (χ1n) is 8.89. The van der Waals surface area contributed by atoms with Gasteiger partial charge in [0.25, 0.3) is 5.91 Å². The Morgan fingerprint density at radius 2 is 1.73 bits per heavy atom. The SMILES string of the molecule is COP(=O)(Cc1ccc(NC(=O)c2cc(=O)c3cc4c(cc3o2)OCO4)cc1)OC. The molecule has 0 atom stereocenters. The van der Waals surface area contributed by atoms with Gasteiger partial charge >= 0.3 is 7.60 Å². The van der Waals surface area contributed by atoms with Gasteiger partial charge in [0.05, 0.1) is 11.5 Å². The van der Waals surface area contributed by atoms with Gasteiger partial charge < -0.3 is 28.3 Å². The molecular formula is C20H18NO8P. The van der Waals surface area contributed by atoms with Crippen LogP contribution in [0.25, 0.3) is 11.0 Å². The third-order valence-electron chi connectivity index (χ3n) is 4.59. The highest BCUT2D eigenvalue weighted by Crippen LogP contribution is 2.49. The second-order valence-corrected chi connectivity index (χ2v) is 8.73. The van der Waals surface area contributed by atoms with E-state index in [0.29, 0.717) is 28.1 Å². The molecule has 10 heteroatoms. The van der Waals surface area contributed by atoms with E-state index in [4.69, 9.17) is 22.9 Å². The van der Waals surface area contributed by atoms with Gasteiger partial charge in [-0.3, -0.25) is 14.2 Å². The summed E-state index contributed by atoms with van der Waals surface area (Å²) in [4.78, 5) is 25.0. The Labute approximate surface area is 171 Å². The van der Waals surface area contributed by atoms with Crippen molar-refractivity contribution in [1.82, 2.24) is 0 Å². The molecule has 0 bridgehead atoms. The summed E-state index contributed by atoms with van der Waals surface area (Å²) >= 11 is 0. The van der Waals surface area contributed by atoms with Gasteiger partial charge in [-0.2, -0.15) is 0 Å². The fourth-order valence-corrected chi connectivity index (χ4v) is 4.04. The molecule has 1 amide bonds. The van der Waals surface area contributed by atoms with E-state index in [9.17, 15) is 14.2 Å². The molecule has 3 aromatic rings. The summed E-state index contributed by atoms with van der Waals surface area (Å²) in [5.41, 5.74) is 1.04. The molecular weight excluding hydrogens is 413 g/mol. The van der Waals surface area contributed by atoms with Crippen LogP contribution < -0.4 is 20.2 Å². The average Bonchev–Trinajstić information content (AvgIpc) is 3.21. The summed E-state index contributed by atoms with van der Waals surface area (Å²) in [6.07, 6.45) is 0.101. The Bertz CT molecular complexity index is 1210. The maximum Gasteiger partial charge on any atom is 0.334 e. The lowest BCUT2D eigenvalue weighted by atomic mass is 10.2. The minimum absolute atomic E-state index is 0.0629. The van der Waals surface area contributed by atoms with Crippen molar-refractivity contribution in [3.8, 4) is 11.5 Å². The summed E-state index contributed by atoms with van der Waals surface area (Å²) in [6.45, 7) is 0.0629. The standard InChI is InChI=1S/C20H18NO8P/c1-25-30(24,26-2)10-12-3-5-13(6-4-12)21-20(23)19-8-15(22)14-7-17-18(28-11-27-17)9-16(14)29-19/h3-9H,10-11H2,1-2H3,(H,21,23). The maximum absolute atomic E-state index is 12.6. The van der Waals surface area contributed by atoms with Crippen molar-refractivity contribution in [2.24, 2.45) is 0 Å². The largest absolute Gasteiger partial charge is 0.454 e. The number of nitrogens with one attached hydrogen (secondary N) is 1. The Kier molecular flexibility index (Phi) is 5.34. The van der Waals surface area contributed by atoms with Crippen LogP contribution in [0.5, 0.6) is 11.5 Å². The molecule has 30 heavy (non-hydrogen) atoms. The smallest absolute Gasteiger partial charge is 0.334 e. The van der Waals surface area contributed by atoms with Gasteiger partial charge in [0, 0.05) is 32.0 Å². The van der Waals surface area contributed by atoms with Gasteiger partial charge in [0.2, 0.25) is 6.79 Å². The van der Waals surface area contributed by atoms with Crippen LogP contribution in [0.3, 0.4) is 0 Å². The predicted molar refractivity (Wildman–Crippen MR) is 108 cm³/mol. The average molecular weight is 431 g/mol. The van der Waals surface area contributed by atoms with Crippen molar-refractivity contribution in [2.75, 3.05) is 26.3 Å². The number of carbonyl (C=O) groups is 1. The Hall–Kier alpha value is -3.13.